The molecule has 0 aromatic heterocycles. The van der Waals surface area contributed by atoms with Gasteiger partial charge in [-0.25, -0.2) is 0 Å². The number of rotatable bonds is 10. The van der Waals surface area contributed by atoms with E-state index in [0.717, 1.165) is 77.1 Å². The van der Waals surface area contributed by atoms with E-state index in [1.54, 1.807) is 0 Å². The Morgan fingerprint density at radius 3 is 2.47 bits per heavy atom. The molecule has 2 aliphatic heterocycles. The van der Waals surface area contributed by atoms with Crippen molar-refractivity contribution in [2.24, 2.45) is 4.99 Å². The van der Waals surface area contributed by atoms with Crippen molar-refractivity contribution in [3.8, 4) is 0 Å². The Kier molecular flexibility index (Phi) is 10.9. The largest absolute Gasteiger partial charge is 0.369 e. The van der Waals surface area contributed by atoms with Gasteiger partial charge in [-0.1, -0.05) is 43.5 Å². The summed E-state index contributed by atoms with van der Waals surface area (Å²) < 4.78 is 0. The minimum atomic E-state index is 0.726. The van der Waals surface area contributed by atoms with Crippen molar-refractivity contribution in [3.63, 3.8) is 0 Å². The van der Waals surface area contributed by atoms with E-state index in [2.05, 4.69) is 70.4 Å². The molecule has 2 heterocycles. The molecular formula is C30H48N6. The molecule has 2 fully saturated rings. The quantitative estimate of drug-likeness (QED) is 0.364. The fraction of sp³-hybridized carbons (Fsp3) is 0.633. The lowest BCUT2D eigenvalue weighted by Gasteiger charge is -2.33. The van der Waals surface area contributed by atoms with E-state index in [1.165, 1.54) is 66.6 Å². The minimum Gasteiger partial charge on any atom is -0.369 e. The molecule has 0 radical (unpaired) electrons. The monoisotopic (exact) mass is 492 g/mol. The summed E-state index contributed by atoms with van der Waals surface area (Å²) in [5, 5.41) is 14.4. The van der Waals surface area contributed by atoms with Crippen LogP contribution in [0.5, 0.6) is 0 Å². The highest BCUT2D eigenvalue weighted by atomic mass is 15.2. The fourth-order valence-corrected chi connectivity index (χ4v) is 5.48. The third kappa shape index (κ3) is 8.75. The number of hydrogen-bond donors (Lipinski definition) is 4. The van der Waals surface area contributed by atoms with Gasteiger partial charge in [0.25, 0.3) is 0 Å². The Labute approximate surface area is 219 Å². The fourth-order valence-electron chi connectivity index (χ4n) is 5.48. The van der Waals surface area contributed by atoms with Crippen LogP contribution in [0, 0.1) is 0 Å². The number of allylic oxidation sites excluding steroid dienone is 3. The van der Waals surface area contributed by atoms with Crippen LogP contribution in [0.25, 0.3) is 0 Å². The second kappa shape index (κ2) is 14.6. The highest BCUT2D eigenvalue weighted by molar-refractivity contribution is 5.84. The van der Waals surface area contributed by atoms with Crippen LogP contribution in [0.3, 0.4) is 0 Å². The van der Waals surface area contributed by atoms with Gasteiger partial charge in [-0.3, -0.25) is 4.99 Å². The second-order valence-corrected chi connectivity index (χ2v) is 10.8. The summed E-state index contributed by atoms with van der Waals surface area (Å²) in [7, 11) is 0. The van der Waals surface area contributed by atoms with Crippen LogP contribution >= 0.6 is 0 Å². The van der Waals surface area contributed by atoms with Gasteiger partial charge >= 0.3 is 0 Å². The van der Waals surface area contributed by atoms with Gasteiger partial charge in [0.05, 0.1) is 6.54 Å². The number of benzene rings is 1. The SMILES string of the molecule is CC1=C/C(N2CCNCC2)=C(/C)CCC(=NCc2ccc(CNCCCNC3CCCCC3)cc2)N1. The number of aliphatic imine (C=N–C) groups is 1. The van der Waals surface area contributed by atoms with Crippen LogP contribution in [0.15, 0.2) is 52.3 Å². The van der Waals surface area contributed by atoms with Crippen molar-refractivity contribution in [1.82, 2.24) is 26.2 Å². The maximum absolute atomic E-state index is 4.94. The molecule has 6 nitrogen and oxygen atoms in total. The van der Waals surface area contributed by atoms with Crippen LogP contribution in [0.2, 0.25) is 0 Å². The topological polar surface area (TPSA) is 63.7 Å². The molecule has 0 amide bonds. The lowest BCUT2D eigenvalue weighted by molar-refractivity contribution is 0.303. The van der Waals surface area contributed by atoms with Gasteiger partial charge in [-0.05, 0) is 75.4 Å². The maximum atomic E-state index is 4.94. The summed E-state index contributed by atoms with van der Waals surface area (Å²) in [5.74, 6) is 1.09. The van der Waals surface area contributed by atoms with E-state index >= 15 is 0 Å². The number of hydrogen-bond acceptors (Lipinski definition) is 5. The highest BCUT2D eigenvalue weighted by Crippen LogP contribution is 2.21. The Balaban J connectivity index is 1.18. The molecule has 0 bridgehead atoms. The van der Waals surface area contributed by atoms with Crippen LogP contribution in [0.1, 0.15) is 76.3 Å². The predicted octanol–water partition coefficient (Wildman–Crippen LogP) is 4.45. The van der Waals surface area contributed by atoms with Crippen molar-refractivity contribution in [2.75, 3.05) is 39.3 Å². The first kappa shape index (κ1) is 26.9. The maximum Gasteiger partial charge on any atom is 0.101 e. The summed E-state index contributed by atoms with van der Waals surface area (Å²) in [5.41, 5.74) is 6.65. The zero-order valence-corrected chi connectivity index (χ0v) is 22.7. The van der Waals surface area contributed by atoms with Crippen molar-refractivity contribution < 1.29 is 0 Å². The zero-order chi connectivity index (χ0) is 25.0. The molecular weight excluding hydrogens is 444 g/mol. The lowest BCUT2D eigenvalue weighted by atomic mass is 9.95. The summed E-state index contributed by atoms with van der Waals surface area (Å²) in [4.78, 5) is 7.46. The Hall–Kier alpha value is -2.15. The van der Waals surface area contributed by atoms with Crippen molar-refractivity contribution in [3.05, 3.63) is 58.4 Å². The van der Waals surface area contributed by atoms with Gasteiger partial charge in [0.15, 0.2) is 0 Å². The first-order valence-electron chi connectivity index (χ1n) is 14.3. The normalized spacial score (nSPS) is 23.2. The van der Waals surface area contributed by atoms with Gasteiger partial charge in [-0.15, -0.1) is 0 Å². The van der Waals surface area contributed by atoms with E-state index in [0.29, 0.717) is 0 Å². The summed E-state index contributed by atoms with van der Waals surface area (Å²) in [6.07, 6.45) is 12.5. The smallest absolute Gasteiger partial charge is 0.101 e. The Morgan fingerprint density at radius 2 is 1.69 bits per heavy atom. The Bertz CT molecular complexity index is 889. The number of nitrogens with zero attached hydrogens (tertiary/aromatic N) is 2. The van der Waals surface area contributed by atoms with Crippen LogP contribution in [0.4, 0.5) is 0 Å². The van der Waals surface area contributed by atoms with E-state index in [4.69, 9.17) is 4.99 Å². The minimum absolute atomic E-state index is 0.726. The molecule has 1 aromatic carbocycles. The number of amidine groups is 1. The molecule has 1 aliphatic carbocycles. The summed E-state index contributed by atoms with van der Waals surface area (Å²) in [6.45, 7) is 12.6. The highest BCUT2D eigenvalue weighted by Gasteiger charge is 2.17. The van der Waals surface area contributed by atoms with Gasteiger partial charge in [0.2, 0.25) is 0 Å². The molecule has 3 aliphatic rings. The summed E-state index contributed by atoms with van der Waals surface area (Å²) >= 11 is 0. The first-order chi connectivity index (χ1) is 17.7. The van der Waals surface area contributed by atoms with Crippen LogP contribution in [-0.4, -0.2) is 56.0 Å². The average Bonchev–Trinajstić information content (AvgIpc) is 2.91. The molecule has 6 heteroatoms. The number of piperazine rings is 1. The molecule has 36 heavy (non-hydrogen) atoms. The molecule has 4 N–H and O–H groups in total. The predicted molar refractivity (Wildman–Crippen MR) is 152 cm³/mol. The van der Waals surface area contributed by atoms with Gasteiger partial charge < -0.3 is 26.2 Å². The van der Waals surface area contributed by atoms with E-state index in [-0.39, 0.29) is 0 Å². The first-order valence-corrected chi connectivity index (χ1v) is 14.3. The lowest BCUT2D eigenvalue weighted by Crippen LogP contribution is -2.43. The van der Waals surface area contributed by atoms with Crippen molar-refractivity contribution >= 4 is 5.84 Å². The average molecular weight is 493 g/mol. The van der Waals surface area contributed by atoms with Gasteiger partial charge in [0.1, 0.15) is 5.84 Å². The van der Waals surface area contributed by atoms with Crippen LogP contribution < -0.4 is 21.3 Å². The van der Waals surface area contributed by atoms with E-state index in [9.17, 15) is 0 Å². The molecule has 0 atom stereocenters. The molecule has 1 saturated carbocycles. The third-order valence-corrected chi connectivity index (χ3v) is 7.70. The summed E-state index contributed by atoms with van der Waals surface area (Å²) in [6, 6.07) is 9.71. The molecule has 1 aromatic rings. The molecule has 0 unspecified atom stereocenters. The van der Waals surface area contributed by atoms with E-state index < -0.39 is 0 Å². The zero-order valence-electron chi connectivity index (χ0n) is 22.7. The van der Waals surface area contributed by atoms with Gasteiger partial charge in [-0.2, -0.15) is 0 Å². The molecule has 4 rings (SSSR count). The van der Waals surface area contributed by atoms with Gasteiger partial charge in [0, 0.05) is 56.6 Å². The van der Waals surface area contributed by atoms with Crippen molar-refractivity contribution in [2.45, 2.75) is 84.3 Å². The van der Waals surface area contributed by atoms with E-state index in [1.807, 2.05) is 0 Å². The standard InChI is InChI=1S/C30H48N6/c1-24-9-14-30(35-25(2)21-29(24)36-19-17-31-18-20-36)34-23-27-12-10-26(11-13-27)22-32-15-6-16-33-28-7-4-3-5-8-28/h10-13,21,28,31-33H,3-9,14-20,22-23H2,1-2H3,(H,34,35)/b25-21?,29-24+. The molecule has 198 valence electrons. The molecule has 0 spiro atoms. The third-order valence-electron chi connectivity index (χ3n) is 7.70. The van der Waals surface area contributed by atoms with Crippen molar-refractivity contribution in [1.29, 1.82) is 0 Å². The number of nitrogens with one attached hydrogen (secondary N) is 4. The second-order valence-electron chi connectivity index (χ2n) is 10.8. The van der Waals surface area contributed by atoms with Crippen LogP contribution in [-0.2, 0) is 13.1 Å². The molecule has 1 saturated heterocycles. The Morgan fingerprint density at radius 1 is 0.944 bits per heavy atom.